The first-order chi connectivity index (χ1) is 6.59. The summed E-state index contributed by atoms with van der Waals surface area (Å²) in [5.41, 5.74) is 0. The molecule has 0 heterocycles. The van der Waals surface area contributed by atoms with Crippen LogP contribution >= 0.6 is 0 Å². The standard InChI is InChI=1S/C11H21NO2/c1-8(2)6-9(11(13)14)7-12-10-4-3-5-10/h8-10,12H,3-7H2,1-2H3,(H,13,14). The minimum absolute atomic E-state index is 0.212. The third-order valence-corrected chi connectivity index (χ3v) is 2.86. The van der Waals surface area contributed by atoms with E-state index in [1.54, 1.807) is 0 Å². The minimum Gasteiger partial charge on any atom is -0.481 e. The summed E-state index contributed by atoms with van der Waals surface area (Å²) in [7, 11) is 0. The Morgan fingerprint density at radius 3 is 2.50 bits per heavy atom. The molecule has 3 heteroatoms. The third-order valence-electron chi connectivity index (χ3n) is 2.86. The van der Waals surface area contributed by atoms with Crippen molar-refractivity contribution >= 4 is 5.97 Å². The van der Waals surface area contributed by atoms with Gasteiger partial charge in [-0.25, -0.2) is 0 Å². The average Bonchev–Trinajstić information content (AvgIpc) is 1.98. The van der Waals surface area contributed by atoms with Crippen LogP contribution in [0.25, 0.3) is 0 Å². The molecule has 82 valence electrons. The summed E-state index contributed by atoms with van der Waals surface area (Å²) in [6.45, 7) is 4.77. The second kappa shape index (κ2) is 5.35. The number of aliphatic carboxylic acids is 1. The zero-order valence-corrected chi connectivity index (χ0v) is 9.12. The van der Waals surface area contributed by atoms with Crippen LogP contribution in [0.4, 0.5) is 0 Å². The SMILES string of the molecule is CC(C)CC(CNC1CCC1)C(=O)O. The lowest BCUT2D eigenvalue weighted by atomic mass is 9.91. The van der Waals surface area contributed by atoms with Crippen LogP contribution < -0.4 is 5.32 Å². The second-order valence-corrected chi connectivity index (χ2v) is 4.70. The average molecular weight is 199 g/mol. The first-order valence-electron chi connectivity index (χ1n) is 5.55. The van der Waals surface area contributed by atoms with Crippen molar-refractivity contribution < 1.29 is 9.90 Å². The molecular formula is C11H21NO2. The molecule has 2 N–H and O–H groups in total. The maximum atomic E-state index is 10.9. The lowest BCUT2D eigenvalue weighted by molar-refractivity contribution is -0.142. The van der Waals surface area contributed by atoms with Crippen molar-refractivity contribution in [1.29, 1.82) is 0 Å². The number of nitrogens with one attached hydrogen (secondary N) is 1. The molecule has 0 aliphatic heterocycles. The van der Waals surface area contributed by atoms with Gasteiger partial charge in [0.1, 0.15) is 0 Å². The van der Waals surface area contributed by atoms with Crippen LogP contribution in [0.1, 0.15) is 39.5 Å². The summed E-state index contributed by atoms with van der Waals surface area (Å²) in [5, 5.41) is 12.3. The molecular weight excluding hydrogens is 178 g/mol. The van der Waals surface area contributed by atoms with Gasteiger partial charge >= 0.3 is 5.97 Å². The van der Waals surface area contributed by atoms with E-state index in [9.17, 15) is 4.79 Å². The molecule has 0 aromatic carbocycles. The van der Waals surface area contributed by atoms with Gasteiger partial charge in [0, 0.05) is 12.6 Å². The molecule has 1 saturated carbocycles. The Labute approximate surface area is 85.9 Å². The van der Waals surface area contributed by atoms with E-state index >= 15 is 0 Å². The van der Waals surface area contributed by atoms with E-state index in [4.69, 9.17) is 5.11 Å². The summed E-state index contributed by atoms with van der Waals surface area (Å²) in [6.07, 6.45) is 4.50. The number of hydrogen-bond acceptors (Lipinski definition) is 2. The predicted octanol–water partition coefficient (Wildman–Crippen LogP) is 1.88. The molecule has 1 atom stereocenters. The first-order valence-corrected chi connectivity index (χ1v) is 5.55. The molecule has 0 spiro atoms. The molecule has 0 bridgehead atoms. The fourth-order valence-corrected chi connectivity index (χ4v) is 1.76. The summed E-state index contributed by atoms with van der Waals surface area (Å²) in [6, 6.07) is 0.587. The summed E-state index contributed by atoms with van der Waals surface area (Å²) in [4.78, 5) is 10.9. The van der Waals surface area contributed by atoms with Gasteiger partial charge in [0.2, 0.25) is 0 Å². The molecule has 1 fully saturated rings. The second-order valence-electron chi connectivity index (χ2n) is 4.70. The molecule has 0 aromatic rings. The van der Waals surface area contributed by atoms with Crippen molar-refractivity contribution in [3.05, 3.63) is 0 Å². The van der Waals surface area contributed by atoms with Crippen LogP contribution in [-0.4, -0.2) is 23.7 Å². The zero-order valence-electron chi connectivity index (χ0n) is 9.12. The Bertz CT molecular complexity index is 188. The van der Waals surface area contributed by atoms with Crippen molar-refractivity contribution in [2.45, 2.75) is 45.6 Å². The fourth-order valence-electron chi connectivity index (χ4n) is 1.76. The van der Waals surface area contributed by atoms with Gasteiger partial charge in [-0.1, -0.05) is 20.3 Å². The Morgan fingerprint density at radius 2 is 2.14 bits per heavy atom. The lowest BCUT2D eigenvalue weighted by Gasteiger charge is -2.28. The van der Waals surface area contributed by atoms with Crippen molar-refractivity contribution in [2.75, 3.05) is 6.54 Å². The van der Waals surface area contributed by atoms with Crippen LogP contribution in [0.15, 0.2) is 0 Å². The quantitative estimate of drug-likeness (QED) is 0.686. The highest BCUT2D eigenvalue weighted by molar-refractivity contribution is 5.70. The van der Waals surface area contributed by atoms with Crippen LogP contribution in [-0.2, 0) is 4.79 Å². The molecule has 3 nitrogen and oxygen atoms in total. The molecule has 0 amide bonds. The van der Waals surface area contributed by atoms with Gasteiger partial charge < -0.3 is 10.4 Å². The van der Waals surface area contributed by atoms with Gasteiger partial charge in [-0.05, 0) is 25.2 Å². The number of hydrogen-bond donors (Lipinski definition) is 2. The Morgan fingerprint density at radius 1 is 1.50 bits per heavy atom. The van der Waals surface area contributed by atoms with Gasteiger partial charge in [0.05, 0.1) is 5.92 Å². The van der Waals surface area contributed by atoms with Crippen molar-refractivity contribution in [2.24, 2.45) is 11.8 Å². The molecule has 1 aliphatic rings. The van der Waals surface area contributed by atoms with Gasteiger partial charge in [-0.3, -0.25) is 4.79 Å². The highest BCUT2D eigenvalue weighted by Crippen LogP contribution is 2.19. The molecule has 0 radical (unpaired) electrons. The summed E-state index contributed by atoms with van der Waals surface area (Å²) in [5.74, 6) is -0.416. The normalized spacial score (nSPS) is 19.4. The first kappa shape index (κ1) is 11.5. The van der Waals surface area contributed by atoms with Crippen LogP contribution in [0, 0.1) is 11.8 Å². The van der Waals surface area contributed by atoms with Crippen molar-refractivity contribution in [3.63, 3.8) is 0 Å². The largest absolute Gasteiger partial charge is 0.481 e. The molecule has 1 rings (SSSR count). The Kier molecular flexibility index (Phi) is 4.39. The van der Waals surface area contributed by atoms with E-state index in [1.807, 2.05) is 0 Å². The van der Waals surface area contributed by atoms with E-state index in [0.717, 1.165) is 6.42 Å². The smallest absolute Gasteiger partial charge is 0.307 e. The van der Waals surface area contributed by atoms with Gasteiger partial charge in [0.15, 0.2) is 0 Å². The Hall–Kier alpha value is -0.570. The summed E-state index contributed by atoms with van der Waals surface area (Å²) >= 11 is 0. The monoisotopic (exact) mass is 199 g/mol. The van der Waals surface area contributed by atoms with Gasteiger partial charge in [-0.15, -0.1) is 0 Å². The van der Waals surface area contributed by atoms with Gasteiger partial charge in [-0.2, -0.15) is 0 Å². The maximum Gasteiger partial charge on any atom is 0.307 e. The number of carbonyl (C=O) groups is 1. The fraction of sp³-hybridized carbons (Fsp3) is 0.909. The molecule has 1 unspecified atom stereocenters. The van der Waals surface area contributed by atoms with Crippen molar-refractivity contribution in [1.82, 2.24) is 5.32 Å². The van der Waals surface area contributed by atoms with Crippen LogP contribution in [0.3, 0.4) is 0 Å². The molecule has 14 heavy (non-hydrogen) atoms. The van der Waals surface area contributed by atoms with Crippen molar-refractivity contribution in [3.8, 4) is 0 Å². The zero-order chi connectivity index (χ0) is 10.6. The highest BCUT2D eigenvalue weighted by atomic mass is 16.4. The van der Waals surface area contributed by atoms with E-state index in [1.165, 1.54) is 19.3 Å². The number of carboxylic acids is 1. The highest BCUT2D eigenvalue weighted by Gasteiger charge is 2.22. The molecule has 0 aromatic heterocycles. The van der Waals surface area contributed by atoms with E-state index < -0.39 is 5.97 Å². The number of rotatable bonds is 6. The topological polar surface area (TPSA) is 49.3 Å². The Balaban J connectivity index is 2.23. The van der Waals surface area contributed by atoms with Gasteiger partial charge in [0.25, 0.3) is 0 Å². The molecule has 1 aliphatic carbocycles. The van der Waals surface area contributed by atoms with E-state index in [-0.39, 0.29) is 5.92 Å². The number of carboxylic acid groups (broad SMARTS) is 1. The van der Waals surface area contributed by atoms with E-state index in [2.05, 4.69) is 19.2 Å². The lowest BCUT2D eigenvalue weighted by Crippen LogP contribution is -2.40. The van der Waals surface area contributed by atoms with E-state index in [0.29, 0.717) is 18.5 Å². The summed E-state index contributed by atoms with van der Waals surface area (Å²) < 4.78 is 0. The minimum atomic E-state index is -0.662. The molecule has 0 saturated heterocycles. The maximum absolute atomic E-state index is 10.9. The van der Waals surface area contributed by atoms with Crippen LogP contribution in [0.5, 0.6) is 0 Å². The predicted molar refractivity (Wildman–Crippen MR) is 56.2 cm³/mol. The van der Waals surface area contributed by atoms with Crippen LogP contribution in [0.2, 0.25) is 0 Å². The third kappa shape index (κ3) is 3.66.